The third kappa shape index (κ3) is 5.55. The highest BCUT2D eigenvalue weighted by molar-refractivity contribution is 7.09. The number of nitrogens with zero attached hydrogens (tertiary/aromatic N) is 3. The Labute approximate surface area is 208 Å². The monoisotopic (exact) mass is 502 g/mol. The lowest BCUT2D eigenvalue weighted by Crippen LogP contribution is -2.49. The third-order valence-electron chi connectivity index (χ3n) is 5.63. The molecule has 3 aromatic rings. The Morgan fingerprint density at radius 1 is 1.03 bits per heavy atom. The number of thiazole rings is 1. The van der Waals surface area contributed by atoms with Crippen LogP contribution in [0.5, 0.6) is 17.2 Å². The van der Waals surface area contributed by atoms with E-state index in [0.717, 1.165) is 35.9 Å². The van der Waals surface area contributed by atoms with Crippen LogP contribution in [-0.4, -0.2) is 68.3 Å². The molecule has 1 aromatic heterocycles. The lowest BCUT2D eigenvalue weighted by atomic mass is 10.2. The first-order valence-corrected chi connectivity index (χ1v) is 12.0. The summed E-state index contributed by atoms with van der Waals surface area (Å²) in [6, 6.07) is 11.0. The number of halogens is 1. The second-order valence-electron chi connectivity index (χ2n) is 7.74. The van der Waals surface area contributed by atoms with E-state index in [9.17, 15) is 4.79 Å². The van der Waals surface area contributed by atoms with Gasteiger partial charge in [0.2, 0.25) is 5.75 Å². The fourth-order valence-electron chi connectivity index (χ4n) is 3.79. The number of carbonyl (C=O) groups excluding carboxylic acids is 1. The van der Waals surface area contributed by atoms with E-state index < -0.39 is 0 Å². The van der Waals surface area contributed by atoms with Crippen LogP contribution in [0, 0.1) is 0 Å². The number of aromatic nitrogens is 1. The summed E-state index contributed by atoms with van der Waals surface area (Å²) in [6.45, 7) is 3.58. The number of amides is 2. The SMILES string of the molecule is COc1cc(NC(=O)N2CCN(Cc3nc(-c4ccc(Cl)cc4)cs3)CC2)cc(OC)c1OC. The van der Waals surface area contributed by atoms with Gasteiger partial charge in [0.1, 0.15) is 5.01 Å². The molecule has 10 heteroatoms. The Kier molecular flexibility index (Phi) is 7.77. The van der Waals surface area contributed by atoms with E-state index in [1.165, 1.54) is 0 Å². The Bertz CT molecular complexity index is 1110. The average molecular weight is 503 g/mol. The molecule has 2 aromatic carbocycles. The van der Waals surface area contributed by atoms with Gasteiger partial charge in [-0.05, 0) is 12.1 Å². The second-order valence-corrected chi connectivity index (χ2v) is 9.12. The Morgan fingerprint density at radius 3 is 2.26 bits per heavy atom. The predicted octanol–water partition coefficient (Wildman–Crippen LogP) is 4.84. The fraction of sp³-hybridized carbons (Fsp3) is 0.333. The van der Waals surface area contributed by atoms with Crippen LogP contribution in [0.25, 0.3) is 11.3 Å². The molecule has 2 amide bonds. The normalized spacial score (nSPS) is 14.1. The van der Waals surface area contributed by atoms with Crippen molar-refractivity contribution in [3.63, 3.8) is 0 Å². The molecule has 1 saturated heterocycles. The summed E-state index contributed by atoms with van der Waals surface area (Å²) in [5.74, 6) is 1.46. The van der Waals surface area contributed by atoms with E-state index in [1.54, 1.807) is 49.7 Å². The summed E-state index contributed by atoms with van der Waals surface area (Å²) in [6.07, 6.45) is 0. The van der Waals surface area contributed by atoms with Gasteiger partial charge >= 0.3 is 6.03 Å². The molecule has 2 heterocycles. The minimum Gasteiger partial charge on any atom is -0.493 e. The van der Waals surface area contributed by atoms with Crippen molar-refractivity contribution in [1.29, 1.82) is 0 Å². The number of piperazine rings is 1. The largest absolute Gasteiger partial charge is 0.493 e. The number of hydrogen-bond donors (Lipinski definition) is 1. The number of anilines is 1. The van der Waals surface area contributed by atoms with Crippen molar-refractivity contribution in [3.05, 3.63) is 51.8 Å². The zero-order valence-corrected chi connectivity index (χ0v) is 20.9. The van der Waals surface area contributed by atoms with Crippen LogP contribution in [-0.2, 0) is 6.54 Å². The first-order valence-electron chi connectivity index (χ1n) is 10.8. The molecular weight excluding hydrogens is 476 g/mol. The van der Waals surface area contributed by atoms with Crippen LogP contribution in [0.3, 0.4) is 0 Å². The zero-order chi connectivity index (χ0) is 24.1. The molecule has 0 aliphatic carbocycles. The third-order valence-corrected chi connectivity index (χ3v) is 6.71. The number of benzene rings is 2. The Balaban J connectivity index is 1.32. The first kappa shape index (κ1) is 24.1. The van der Waals surface area contributed by atoms with E-state index in [1.807, 2.05) is 24.3 Å². The van der Waals surface area contributed by atoms with E-state index >= 15 is 0 Å². The van der Waals surface area contributed by atoms with E-state index in [2.05, 4.69) is 15.6 Å². The predicted molar refractivity (Wildman–Crippen MR) is 135 cm³/mol. The molecule has 1 N–H and O–H groups in total. The molecule has 1 fully saturated rings. The Morgan fingerprint density at radius 2 is 1.68 bits per heavy atom. The summed E-state index contributed by atoms with van der Waals surface area (Å²) in [4.78, 5) is 21.7. The average Bonchev–Trinajstić information content (AvgIpc) is 3.32. The number of carbonyl (C=O) groups is 1. The molecule has 0 saturated carbocycles. The maximum atomic E-state index is 12.8. The minimum atomic E-state index is -0.159. The molecular formula is C24H27ClN4O4S. The minimum absolute atomic E-state index is 0.159. The summed E-state index contributed by atoms with van der Waals surface area (Å²) in [5, 5.41) is 6.77. The number of rotatable bonds is 7. The fourth-order valence-corrected chi connectivity index (χ4v) is 4.76. The lowest BCUT2D eigenvalue weighted by molar-refractivity contribution is 0.143. The van der Waals surface area contributed by atoms with Crippen LogP contribution >= 0.6 is 22.9 Å². The Hall–Kier alpha value is -3.01. The maximum absolute atomic E-state index is 12.8. The van der Waals surface area contributed by atoms with Crippen molar-refractivity contribution in [3.8, 4) is 28.5 Å². The van der Waals surface area contributed by atoms with Gasteiger partial charge in [-0.2, -0.15) is 0 Å². The molecule has 180 valence electrons. The number of urea groups is 1. The molecule has 0 unspecified atom stereocenters. The standard InChI is InChI=1S/C24H27ClN4O4S/c1-31-20-12-18(13-21(32-2)23(20)33-3)26-24(30)29-10-8-28(9-11-29)14-22-27-19(15-34-22)16-4-6-17(25)7-5-16/h4-7,12-13,15H,8-11,14H2,1-3H3,(H,26,30). The number of methoxy groups -OCH3 is 3. The number of hydrogen-bond acceptors (Lipinski definition) is 7. The molecule has 0 atom stereocenters. The van der Waals surface area contributed by atoms with E-state index in [4.69, 9.17) is 30.8 Å². The van der Waals surface area contributed by atoms with Crippen LogP contribution in [0.1, 0.15) is 5.01 Å². The molecule has 34 heavy (non-hydrogen) atoms. The van der Waals surface area contributed by atoms with Crippen molar-refractivity contribution >= 4 is 34.7 Å². The van der Waals surface area contributed by atoms with Crippen molar-refractivity contribution < 1.29 is 19.0 Å². The van der Waals surface area contributed by atoms with Gasteiger partial charge in [-0.25, -0.2) is 9.78 Å². The second kappa shape index (κ2) is 10.9. The van der Waals surface area contributed by atoms with Crippen molar-refractivity contribution in [2.75, 3.05) is 52.8 Å². The molecule has 0 radical (unpaired) electrons. The highest BCUT2D eigenvalue weighted by atomic mass is 35.5. The van der Waals surface area contributed by atoms with Gasteiger partial charge in [-0.15, -0.1) is 11.3 Å². The van der Waals surface area contributed by atoms with Crippen LogP contribution in [0.4, 0.5) is 10.5 Å². The summed E-state index contributed by atoms with van der Waals surface area (Å²) in [7, 11) is 4.63. The van der Waals surface area contributed by atoms with Crippen molar-refractivity contribution in [1.82, 2.24) is 14.8 Å². The van der Waals surface area contributed by atoms with E-state index in [-0.39, 0.29) is 6.03 Å². The molecule has 8 nitrogen and oxygen atoms in total. The molecule has 1 aliphatic rings. The van der Waals surface area contributed by atoms with Gasteiger partial charge in [0, 0.05) is 54.3 Å². The highest BCUT2D eigenvalue weighted by Crippen LogP contribution is 2.40. The molecule has 0 spiro atoms. The number of nitrogens with one attached hydrogen (secondary N) is 1. The van der Waals surface area contributed by atoms with Gasteiger partial charge in [0.25, 0.3) is 0 Å². The number of ether oxygens (including phenoxy) is 3. The van der Waals surface area contributed by atoms with E-state index in [0.29, 0.717) is 41.0 Å². The topological polar surface area (TPSA) is 76.2 Å². The van der Waals surface area contributed by atoms with Crippen LogP contribution in [0.15, 0.2) is 41.8 Å². The quantitative estimate of drug-likeness (QED) is 0.498. The summed E-state index contributed by atoms with van der Waals surface area (Å²) in [5.41, 5.74) is 2.60. The first-order chi connectivity index (χ1) is 16.5. The summed E-state index contributed by atoms with van der Waals surface area (Å²) >= 11 is 7.63. The summed E-state index contributed by atoms with van der Waals surface area (Å²) < 4.78 is 16.1. The van der Waals surface area contributed by atoms with Crippen LogP contribution in [0.2, 0.25) is 5.02 Å². The van der Waals surface area contributed by atoms with Gasteiger partial charge in [0.15, 0.2) is 11.5 Å². The molecule has 0 bridgehead atoms. The smallest absolute Gasteiger partial charge is 0.321 e. The lowest BCUT2D eigenvalue weighted by Gasteiger charge is -2.34. The highest BCUT2D eigenvalue weighted by Gasteiger charge is 2.23. The zero-order valence-electron chi connectivity index (χ0n) is 19.3. The molecule has 1 aliphatic heterocycles. The van der Waals surface area contributed by atoms with Gasteiger partial charge in [0.05, 0.1) is 39.3 Å². The van der Waals surface area contributed by atoms with Crippen LogP contribution < -0.4 is 19.5 Å². The van der Waals surface area contributed by atoms with Crippen molar-refractivity contribution in [2.45, 2.75) is 6.54 Å². The van der Waals surface area contributed by atoms with Gasteiger partial charge in [-0.1, -0.05) is 23.7 Å². The maximum Gasteiger partial charge on any atom is 0.321 e. The van der Waals surface area contributed by atoms with Crippen molar-refractivity contribution in [2.24, 2.45) is 0 Å². The van der Waals surface area contributed by atoms with Gasteiger partial charge < -0.3 is 24.4 Å². The molecule has 4 rings (SSSR count). The van der Waals surface area contributed by atoms with Gasteiger partial charge in [-0.3, -0.25) is 4.90 Å².